The summed E-state index contributed by atoms with van der Waals surface area (Å²) in [5.41, 5.74) is 5.56. The first-order valence-corrected chi connectivity index (χ1v) is 7.64. The maximum atomic E-state index is 11.8. The molecular weight excluding hydrogens is 252 g/mol. The van der Waals surface area contributed by atoms with Crippen molar-refractivity contribution < 1.29 is 14.3 Å². The number of nitrogens with two attached hydrogens (primary N) is 1. The fraction of sp³-hybridized carbons (Fsp3) is 0.833. The molecule has 3 N–H and O–H groups in total. The van der Waals surface area contributed by atoms with Gasteiger partial charge in [0.2, 0.25) is 5.91 Å². The van der Waals surface area contributed by atoms with Crippen LogP contribution in [-0.4, -0.2) is 42.1 Å². The van der Waals surface area contributed by atoms with E-state index in [9.17, 15) is 9.59 Å². The number of nitrogens with one attached hydrogen (secondary N) is 1. The van der Waals surface area contributed by atoms with Crippen LogP contribution in [0.15, 0.2) is 0 Å². The number of ether oxygens (including phenoxy) is 1. The average Bonchev–Trinajstić information content (AvgIpc) is 2.38. The van der Waals surface area contributed by atoms with Gasteiger partial charge in [-0.05, 0) is 26.0 Å². The number of rotatable bonds is 5. The topological polar surface area (TPSA) is 81.4 Å². The van der Waals surface area contributed by atoms with Crippen molar-refractivity contribution in [1.29, 1.82) is 0 Å². The first-order valence-electron chi connectivity index (χ1n) is 6.35. The zero-order valence-corrected chi connectivity index (χ0v) is 11.8. The van der Waals surface area contributed by atoms with Gasteiger partial charge in [0.05, 0.1) is 6.61 Å². The molecule has 0 saturated heterocycles. The van der Waals surface area contributed by atoms with Gasteiger partial charge in [-0.1, -0.05) is 12.8 Å². The minimum absolute atomic E-state index is 0.113. The molecule has 0 bridgehead atoms. The van der Waals surface area contributed by atoms with Gasteiger partial charge in [0, 0.05) is 11.3 Å². The highest BCUT2D eigenvalue weighted by Crippen LogP contribution is 2.27. The van der Waals surface area contributed by atoms with Crippen molar-refractivity contribution in [2.45, 2.75) is 49.9 Å². The number of hydrogen-bond donors (Lipinski definition) is 2. The molecule has 6 heteroatoms. The number of esters is 1. The Hall–Kier alpha value is -0.750. The van der Waals surface area contributed by atoms with E-state index >= 15 is 0 Å². The summed E-state index contributed by atoms with van der Waals surface area (Å²) in [7, 11) is 0. The molecule has 1 amide bonds. The van der Waals surface area contributed by atoms with E-state index in [4.69, 9.17) is 10.5 Å². The Morgan fingerprint density at radius 2 is 2.11 bits per heavy atom. The number of carbonyl (C=O) groups excluding carboxylic acids is 2. The molecule has 3 atom stereocenters. The summed E-state index contributed by atoms with van der Waals surface area (Å²) in [6, 6.07) is -1.10. The van der Waals surface area contributed by atoms with Crippen LogP contribution in [0.2, 0.25) is 0 Å². The lowest BCUT2D eigenvalue weighted by atomic mass is 9.94. The Bertz CT molecular complexity index is 299. The van der Waals surface area contributed by atoms with Crippen LogP contribution in [-0.2, 0) is 14.3 Å². The number of carbonyl (C=O) groups is 2. The van der Waals surface area contributed by atoms with Gasteiger partial charge in [-0.25, -0.2) is 4.79 Å². The SMILES string of the molecule is CCOC(=O)C(N)C(=O)NC1CCCCC1SC. The molecule has 5 nitrogen and oxygen atoms in total. The smallest absolute Gasteiger partial charge is 0.332 e. The monoisotopic (exact) mass is 274 g/mol. The molecule has 0 heterocycles. The molecule has 3 unspecified atom stereocenters. The highest BCUT2D eigenvalue weighted by Gasteiger charge is 2.30. The highest BCUT2D eigenvalue weighted by atomic mass is 32.2. The van der Waals surface area contributed by atoms with Crippen molar-refractivity contribution in [2.24, 2.45) is 5.73 Å². The Morgan fingerprint density at radius 1 is 1.44 bits per heavy atom. The summed E-state index contributed by atoms with van der Waals surface area (Å²) in [6.45, 7) is 1.92. The van der Waals surface area contributed by atoms with Crippen molar-refractivity contribution in [2.75, 3.05) is 12.9 Å². The van der Waals surface area contributed by atoms with Gasteiger partial charge in [-0.2, -0.15) is 11.8 Å². The number of thioether (sulfide) groups is 1. The van der Waals surface area contributed by atoms with Crippen LogP contribution in [0.25, 0.3) is 0 Å². The quantitative estimate of drug-likeness (QED) is 0.569. The van der Waals surface area contributed by atoms with Crippen molar-refractivity contribution in [3.05, 3.63) is 0 Å². The summed E-state index contributed by atoms with van der Waals surface area (Å²) in [5, 5.41) is 3.29. The van der Waals surface area contributed by atoms with Gasteiger partial charge >= 0.3 is 5.97 Å². The van der Waals surface area contributed by atoms with Crippen LogP contribution in [0.4, 0.5) is 0 Å². The Balaban J connectivity index is 2.49. The second-order valence-corrected chi connectivity index (χ2v) is 5.48. The van der Waals surface area contributed by atoms with Crippen LogP contribution in [0.5, 0.6) is 0 Å². The molecule has 0 radical (unpaired) electrons. The third-order valence-electron chi connectivity index (χ3n) is 3.16. The Labute approximate surface area is 112 Å². The predicted molar refractivity (Wildman–Crippen MR) is 72.3 cm³/mol. The standard InChI is InChI=1S/C12H22N2O3S/c1-3-17-12(16)10(13)11(15)14-8-6-4-5-7-9(8)18-2/h8-10H,3-7,13H2,1-2H3,(H,14,15). The van der Waals surface area contributed by atoms with Crippen molar-refractivity contribution >= 4 is 23.6 Å². The molecule has 1 saturated carbocycles. The minimum Gasteiger partial charge on any atom is -0.464 e. The maximum Gasteiger partial charge on any atom is 0.332 e. The molecule has 0 aromatic rings. The highest BCUT2D eigenvalue weighted by molar-refractivity contribution is 7.99. The lowest BCUT2D eigenvalue weighted by molar-refractivity contribution is -0.148. The fourth-order valence-corrected chi connectivity index (χ4v) is 3.09. The van der Waals surface area contributed by atoms with E-state index in [2.05, 4.69) is 5.32 Å². The summed E-state index contributed by atoms with van der Waals surface area (Å²) >= 11 is 1.75. The number of hydrogen-bond acceptors (Lipinski definition) is 5. The van der Waals surface area contributed by atoms with E-state index < -0.39 is 17.9 Å². The van der Waals surface area contributed by atoms with E-state index in [1.165, 1.54) is 6.42 Å². The molecule has 104 valence electrons. The third-order valence-corrected chi connectivity index (χ3v) is 4.33. The number of amides is 1. The summed E-state index contributed by atoms with van der Waals surface area (Å²) in [4.78, 5) is 23.2. The molecule has 1 aliphatic carbocycles. The molecule has 1 fully saturated rings. The largest absolute Gasteiger partial charge is 0.464 e. The minimum atomic E-state index is -1.21. The molecular formula is C12H22N2O3S. The zero-order valence-electron chi connectivity index (χ0n) is 11.0. The predicted octanol–water partition coefficient (Wildman–Crippen LogP) is 0.667. The summed E-state index contributed by atoms with van der Waals surface area (Å²) in [5.74, 6) is -1.09. The zero-order chi connectivity index (χ0) is 13.5. The molecule has 0 aliphatic heterocycles. The normalized spacial score (nSPS) is 25.3. The van der Waals surface area contributed by atoms with Crippen LogP contribution in [0, 0.1) is 0 Å². The van der Waals surface area contributed by atoms with Crippen LogP contribution in [0.3, 0.4) is 0 Å². The second kappa shape index (κ2) is 7.63. The fourth-order valence-electron chi connectivity index (χ4n) is 2.16. The van der Waals surface area contributed by atoms with Gasteiger partial charge in [0.25, 0.3) is 0 Å². The van der Waals surface area contributed by atoms with E-state index in [-0.39, 0.29) is 12.6 Å². The molecule has 0 aromatic heterocycles. The van der Waals surface area contributed by atoms with Crippen LogP contribution < -0.4 is 11.1 Å². The maximum absolute atomic E-state index is 11.8. The van der Waals surface area contributed by atoms with Crippen molar-refractivity contribution in [3.63, 3.8) is 0 Å². The first kappa shape index (κ1) is 15.3. The molecule has 0 aromatic carbocycles. The van der Waals surface area contributed by atoms with E-state index in [0.29, 0.717) is 5.25 Å². The Morgan fingerprint density at radius 3 is 2.72 bits per heavy atom. The first-order chi connectivity index (χ1) is 8.60. The average molecular weight is 274 g/mol. The van der Waals surface area contributed by atoms with Gasteiger partial charge in [-0.3, -0.25) is 4.79 Å². The lowest BCUT2D eigenvalue weighted by Gasteiger charge is -2.31. The second-order valence-electron chi connectivity index (χ2n) is 4.40. The van der Waals surface area contributed by atoms with E-state index in [1.54, 1.807) is 18.7 Å². The van der Waals surface area contributed by atoms with Crippen LogP contribution >= 0.6 is 11.8 Å². The van der Waals surface area contributed by atoms with E-state index in [0.717, 1.165) is 19.3 Å². The molecule has 18 heavy (non-hydrogen) atoms. The van der Waals surface area contributed by atoms with Gasteiger partial charge in [-0.15, -0.1) is 0 Å². The van der Waals surface area contributed by atoms with Crippen LogP contribution in [0.1, 0.15) is 32.6 Å². The van der Waals surface area contributed by atoms with Gasteiger partial charge in [0.1, 0.15) is 0 Å². The summed E-state index contributed by atoms with van der Waals surface area (Å²) in [6.07, 6.45) is 6.40. The van der Waals surface area contributed by atoms with Crippen molar-refractivity contribution in [3.8, 4) is 0 Å². The van der Waals surface area contributed by atoms with E-state index in [1.807, 2.05) is 6.26 Å². The Kier molecular flexibility index (Phi) is 6.49. The van der Waals surface area contributed by atoms with Gasteiger partial charge < -0.3 is 15.8 Å². The van der Waals surface area contributed by atoms with Crippen molar-refractivity contribution in [1.82, 2.24) is 5.32 Å². The molecule has 0 spiro atoms. The van der Waals surface area contributed by atoms with Gasteiger partial charge in [0.15, 0.2) is 6.04 Å². The molecule has 1 rings (SSSR count). The molecule has 1 aliphatic rings. The third kappa shape index (κ3) is 4.17. The summed E-state index contributed by atoms with van der Waals surface area (Å²) < 4.78 is 4.74. The lowest BCUT2D eigenvalue weighted by Crippen LogP contribution is -2.53.